The summed E-state index contributed by atoms with van der Waals surface area (Å²) < 4.78 is 13.6. The molecule has 1 unspecified atom stereocenters. The molecule has 2 aliphatic rings. The van der Waals surface area contributed by atoms with Gasteiger partial charge in [-0.3, -0.25) is 0 Å². The largest absolute Gasteiger partial charge is 0.379 e. The summed E-state index contributed by atoms with van der Waals surface area (Å²) in [6.45, 7) is 0. The zero-order valence-electron chi connectivity index (χ0n) is 10.2. The van der Waals surface area contributed by atoms with Crippen molar-refractivity contribution in [1.29, 1.82) is 0 Å². The topological polar surface area (TPSA) is 12.0 Å². The molecule has 0 spiro atoms. The molecule has 1 atom stereocenters. The first kappa shape index (κ1) is 11.3. The Kier molecular flexibility index (Phi) is 3.01. The van der Waals surface area contributed by atoms with Crippen molar-refractivity contribution >= 4 is 5.69 Å². The third-order valence-electron chi connectivity index (χ3n) is 3.51. The number of halogens is 1. The van der Waals surface area contributed by atoms with Crippen molar-refractivity contribution in [3.05, 3.63) is 65.5 Å². The lowest BCUT2D eigenvalue weighted by atomic mass is 10.1. The van der Waals surface area contributed by atoms with Crippen LogP contribution in [0.2, 0.25) is 0 Å². The van der Waals surface area contributed by atoms with Crippen LogP contribution in [0.3, 0.4) is 0 Å². The zero-order chi connectivity index (χ0) is 12.4. The highest BCUT2D eigenvalue weighted by Crippen LogP contribution is 2.34. The van der Waals surface area contributed by atoms with Crippen LogP contribution in [0, 0.1) is 5.82 Å². The Hall–Kier alpha value is -1.83. The van der Waals surface area contributed by atoms with E-state index in [1.165, 1.54) is 17.2 Å². The van der Waals surface area contributed by atoms with E-state index in [0.29, 0.717) is 11.7 Å². The molecule has 18 heavy (non-hydrogen) atoms. The number of benzene rings is 1. The second-order valence-electron chi connectivity index (χ2n) is 4.81. The predicted molar refractivity (Wildman–Crippen MR) is 73.0 cm³/mol. The van der Waals surface area contributed by atoms with E-state index in [1.54, 1.807) is 12.1 Å². The molecule has 0 radical (unpaired) electrons. The summed E-state index contributed by atoms with van der Waals surface area (Å²) in [5.74, 6) is -0.174. The minimum atomic E-state index is -0.174. The van der Waals surface area contributed by atoms with Gasteiger partial charge in [-0.15, -0.1) is 0 Å². The van der Waals surface area contributed by atoms with Crippen molar-refractivity contribution in [2.45, 2.75) is 25.3 Å². The minimum absolute atomic E-state index is 0.174. The molecule has 1 nitrogen and oxygen atoms in total. The molecule has 2 aliphatic carbocycles. The van der Waals surface area contributed by atoms with Crippen LogP contribution in [0.1, 0.15) is 19.3 Å². The Morgan fingerprint density at radius 3 is 2.83 bits per heavy atom. The highest BCUT2D eigenvalue weighted by molar-refractivity contribution is 5.49. The second kappa shape index (κ2) is 4.81. The van der Waals surface area contributed by atoms with E-state index in [-0.39, 0.29) is 5.82 Å². The number of nitrogens with one attached hydrogen (secondary N) is 1. The molecule has 1 fully saturated rings. The van der Waals surface area contributed by atoms with Gasteiger partial charge in [-0.2, -0.15) is 0 Å². The van der Waals surface area contributed by atoms with Gasteiger partial charge >= 0.3 is 0 Å². The Morgan fingerprint density at radius 2 is 1.94 bits per heavy atom. The monoisotopic (exact) mass is 241 g/mol. The van der Waals surface area contributed by atoms with Crippen molar-refractivity contribution in [2.75, 3.05) is 5.32 Å². The van der Waals surface area contributed by atoms with E-state index >= 15 is 0 Å². The Bertz CT molecular complexity index is 540. The van der Waals surface area contributed by atoms with E-state index in [9.17, 15) is 4.39 Å². The molecule has 0 amide bonds. The highest BCUT2D eigenvalue weighted by atomic mass is 19.1. The number of rotatable bonds is 2. The van der Waals surface area contributed by atoms with Crippen LogP contribution >= 0.6 is 0 Å². The normalized spacial score (nSPS) is 21.9. The molecule has 0 aromatic heterocycles. The molecule has 0 aliphatic heterocycles. The molecule has 3 rings (SSSR count). The lowest BCUT2D eigenvalue weighted by Crippen LogP contribution is -2.15. The predicted octanol–water partition coefficient (Wildman–Crippen LogP) is 4.21. The van der Waals surface area contributed by atoms with Gasteiger partial charge in [0.2, 0.25) is 0 Å². The molecule has 0 saturated heterocycles. The molecule has 0 heterocycles. The van der Waals surface area contributed by atoms with Crippen LogP contribution in [0.15, 0.2) is 59.7 Å². The summed E-state index contributed by atoms with van der Waals surface area (Å²) in [6, 6.07) is 7.18. The Morgan fingerprint density at radius 1 is 1.11 bits per heavy atom. The van der Waals surface area contributed by atoms with E-state index in [1.807, 2.05) is 6.07 Å². The Balaban J connectivity index is 1.75. The first-order valence-electron chi connectivity index (χ1n) is 6.39. The van der Waals surface area contributed by atoms with E-state index in [2.05, 4.69) is 29.6 Å². The van der Waals surface area contributed by atoms with Crippen molar-refractivity contribution in [2.24, 2.45) is 0 Å². The third-order valence-corrected chi connectivity index (χ3v) is 3.51. The molecule has 1 saturated carbocycles. The van der Waals surface area contributed by atoms with Gasteiger partial charge in [-0.05, 0) is 42.5 Å². The summed E-state index contributed by atoms with van der Waals surface area (Å²) >= 11 is 0. The average molecular weight is 241 g/mol. The summed E-state index contributed by atoms with van der Waals surface area (Å²) in [7, 11) is 0. The number of hydrogen-bond donors (Lipinski definition) is 1. The molecular weight excluding hydrogens is 225 g/mol. The fourth-order valence-corrected chi connectivity index (χ4v) is 2.63. The summed E-state index contributed by atoms with van der Waals surface area (Å²) in [5, 5.41) is 3.31. The number of allylic oxidation sites excluding steroid dienone is 4. The lowest BCUT2D eigenvalue weighted by molar-refractivity contribution is 0.625. The lowest BCUT2D eigenvalue weighted by Gasteiger charge is -2.13. The standard InChI is InChI=1S/C16H16FN/c17-15-8-4-5-9-16(15)18-14-10-12-6-2-1-3-7-13(12)11-14/h1-2,4-9,14,18H,3,10-11H2. The van der Waals surface area contributed by atoms with Gasteiger partial charge in [-0.1, -0.05) is 36.4 Å². The molecule has 1 aromatic rings. The maximum Gasteiger partial charge on any atom is 0.146 e. The van der Waals surface area contributed by atoms with Crippen molar-refractivity contribution in [1.82, 2.24) is 0 Å². The van der Waals surface area contributed by atoms with E-state index in [0.717, 1.165) is 19.3 Å². The first-order valence-corrected chi connectivity index (χ1v) is 6.39. The van der Waals surface area contributed by atoms with Gasteiger partial charge in [0.05, 0.1) is 5.69 Å². The third kappa shape index (κ3) is 2.23. The van der Waals surface area contributed by atoms with Crippen LogP contribution in [0.25, 0.3) is 0 Å². The molecule has 2 heteroatoms. The van der Waals surface area contributed by atoms with Gasteiger partial charge in [-0.25, -0.2) is 4.39 Å². The van der Waals surface area contributed by atoms with Crippen LogP contribution in [0.4, 0.5) is 10.1 Å². The number of hydrogen-bond acceptors (Lipinski definition) is 1. The first-order chi connectivity index (χ1) is 8.83. The summed E-state index contributed by atoms with van der Waals surface area (Å²) in [4.78, 5) is 0. The van der Waals surface area contributed by atoms with Crippen molar-refractivity contribution < 1.29 is 4.39 Å². The van der Waals surface area contributed by atoms with Gasteiger partial charge in [0, 0.05) is 6.04 Å². The van der Waals surface area contributed by atoms with Crippen LogP contribution < -0.4 is 5.32 Å². The van der Waals surface area contributed by atoms with E-state index < -0.39 is 0 Å². The molecule has 0 bridgehead atoms. The zero-order valence-corrected chi connectivity index (χ0v) is 10.2. The van der Waals surface area contributed by atoms with Crippen molar-refractivity contribution in [3.8, 4) is 0 Å². The Labute approximate surface area is 107 Å². The van der Waals surface area contributed by atoms with Crippen molar-refractivity contribution in [3.63, 3.8) is 0 Å². The fraction of sp³-hybridized carbons (Fsp3) is 0.250. The van der Waals surface area contributed by atoms with Crippen LogP contribution in [0.5, 0.6) is 0 Å². The van der Waals surface area contributed by atoms with Gasteiger partial charge in [0.15, 0.2) is 0 Å². The fourth-order valence-electron chi connectivity index (χ4n) is 2.63. The summed E-state index contributed by atoms with van der Waals surface area (Å²) in [6.07, 6.45) is 11.7. The molecule has 92 valence electrons. The SMILES string of the molecule is Fc1ccccc1NC1CC2=CC=CCC=C2C1. The number of para-hydroxylation sites is 1. The maximum absolute atomic E-state index is 13.6. The summed E-state index contributed by atoms with van der Waals surface area (Å²) in [5.41, 5.74) is 3.40. The smallest absolute Gasteiger partial charge is 0.146 e. The second-order valence-corrected chi connectivity index (χ2v) is 4.81. The highest BCUT2D eigenvalue weighted by Gasteiger charge is 2.24. The average Bonchev–Trinajstić information content (AvgIpc) is 2.62. The molecule has 1 N–H and O–H groups in total. The molecular formula is C16H16FN. The minimum Gasteiger partial charge on any atom is -0.379 e. The maximum atomic E-state index is 13.6. The number of anilines is 1. The van der Waals surface area contributed by atoms with Gasteiger partial charge < -0.3 is 5.32 Å². The quantitative estimate of drug-likeness (QED) is 0.817. The molecule has 1 aromatic carbocycles. The van der Waals surface area contributed by atoms with Crippen LogP contribution in [-0.2, 0) is 0 Å². The van der Waals surface area contributed by atoms with Gasteiger partial charge in [0.25, 0.3) is 0 Å². The van der Waals surface area contributed by atoms with Gasteiger partial charge in [0.1, 0.15) is 5.82 Å². The number of fused-ring (bicyclic) bond motifs is 1. The van der Waals surface area contributed by atoms with E-state index in [4.69, 9.17) is 0 Å². The van der Waals surface area contributed by atoms with Crippen LogP contribution in [-0.4, -0.2) is 6.04 Å².